The van der Waals surface area contributed by atoms with Crippen LogP contribution in [-0.4, -0.2) is 16.1 Å². The molecule has 0 atom stereocenters. The number of nitrogens with zero attached hydrogens (tertiary/aromatic N) is 2. The van der Waals surface area contributed by atoms with Gasteiger partial charge in [0.2, 0.25) is 0 Å². The zero-order valence-electron chi connectivity index (χ0n) is 12.1. The van der Waals surface area contributed by atoms with Gasteiger partial charge < -0.3 is 0 Å². The highest BCUT2D eigenvalue weighted by atomic mass is 19.1. The first-order valence-corrected chi connectivity index (χ1v) is 6.91. The number of rotatable bonds is 5. The summed E-state index contributed by atoms with van der Waals surface area (Å²) in [5.41, 5.74) is 2.18. The summed E-state index contributed by atoms with van der Waals surface area (Å²) in [4.78, 5) is 11.2. The highest BCUT2D eigenvalue weighted by molar-refractivity contribution is 5.85. The molecule has 1 aromatic carbocycles. The van der Waals surface area contributed by atoms with Crippen molar-refractivity contribution in [2.45, 2.75) is 39.7 Å². The summed E-state index contributed by atoms with van der Waals surface area (Å²) < 4.78 is 15.8. The van der Waals surface area contributed by atoms with E-state index < -0.39 is 0 Å². The van der Waals surface area contributed by atoms with E-state index in [0.717, 1.165) is 24.7 Å². The van der Waals surface area contributed by atoms with E-state index in [1.165, 1.54) is 6.07 Å². The van der Waals surface area contributed by atoms with Crippen LogP contribution in [0, 0.1) is 12.7 Å². The lowest BCUT2D eigenvalue weighted by Gasteiger charge is -2.12. The molecule has 0 saturated carbocycles. The van der Waals surface area contributed by atoms with E-state index in [-0.39, 0.29) is 11.9 Å². The second-order valence-electron chi connectivity index (χ2n) is 4.98. The Kier molecular flexibility index (Phi) is 4.32. The van der Waals surface area contributed by atoms with Crippen LogP contribution in [0.1, 0.15) is 48.7 Å². The molecule has 0 bridgehead atoms. The van der Waals surface area contributed by atoms with Crippen LogP contribution in [0.4, 0.5) is 4.39 Å². The molecule has 2 aromatic rings. The van der Waals surface area contributed by atoms with Crippen LogP contribution in [0.3, 0.4) is 0 Å². The van der Waals surface area contributed by atoms with E-state index in [1.54, 1.807) is 23.0 Å². The minimum absolute atomic E-state index is 0.232. The Labute approximate surface area is 118 Å². The average molecular weight is 274 g/mol. The minimum Gasteiger partial charge on any atom is -0.298 e. The van der Waals surface area contributed by atoms with Gasteiger partial charge in [-0.2, -0.15) is 5.10 Å². The lowest BCUT2D eigenvalue weighted by molar-refractivity contribution is 0.112. The first-order valence-electron chi connectivity index (χ1n) is 6.91. The molecule has 0 fully saturated rings. The van der Waals surface area contributed by atoms with E-state index in [4.69, 9.17) is 0 Å². The Hall–Kier alpha value is -1.97. The SMILES string of the molecule is CCC(CC)n1cc(C=O)c(-c2cc(C)ccc2F)n1. The van der Waals surface area contributed by atoms with Crippen molar-refractivity contribution < 1.29 is 9.18 Å². The number of hydrogen-bond donors (Lipinski definition) is 0. The number of benzene rings is 1. The molecule has 106 valence electrons. The zero-order valence-corrected chi connectivity index (χ0v) is 12.1. The minimum atomic E-state index is -0.353. The van der Waals surface area contributed by atoms with Crippen LogP contribution in [0.25, 0.3) is 11.3 Å². The van der Waals surface area contributed by atoms with Crippen LogP contribution in [0.15, 0.2) is 24.4 Å². The maximum absolute atomic E-state index is 14.0. The summed E-state index contributed by atoms with van der Waals surface area (Å²) >= 11 is 0. The second kappa shape index (κ2) is 5.99. The normalized spacial score (nSPS) is 11.1. The Morgan fingerprint density at radius 1 is 1.35 bits per heavy atom. The molecule has 20 heavy (non-hydrogen) atoms. The smallest absolute Gasteiger partial charge is 0.153 e. The standard InChI is InChI=1S/C16H19FN2O/c1-4-13(5-2)19-9-12(10-20)16(18-19)14-8-11(3)6-7-15(14)17/h6-10,13H,4-5H2,1-3H3. The largest absolute Gasteiger partial charge is 0.298 e. The van der Waals surface area contributed by atoms with E-state index >= 15 is 0 Å². The number of aryl methyl sites for hydroxylation is 1. The fourth-order valence-electron chi connectivity index (χ4n) is 2.37. The molecule has 1 heterocycles. The molecule has 1 aromatic heterocycles. The van der Waals surface area contributed by atoms with Gasteiger partial charge in [0.25, 0.3) is 0 Å². The molecular weight excluding hydrogens is 255 g/mol. The summed E-state index contributed by atoms with van der Waals surface area (Å²) in [6.07, 6.45) is 4.29. The quantitative estimate of drug-likeness (QED) is 0.767. The van der Waals surface area contributed by atoms with Crippen molar-refractivity contribution in [3.63, 3.8) is 0 Å². The Balaban J connectivity index is 2.56. The van der Waals surface area contributed by atoms with Gasteiger partial charge in [0.05, 0.1) is 11.6 Å². The summed E-state index contributed by atoms with van der Waals surface area (Å²) in [5, 5.41) is 4.44. The highest BCUT2D eigenvalue weighted by Gasteiger charge is 2.17. The molecule has 0 N–H and O–H groups in total. The molecule has 0 radical (unpaired) electrons. The highest BCUT2D eigenvalue weighted by Crippen LogP contribution is 2.27. The maximum Gasteiger partial charge on any atom is 0.153 e. The summed E-state index contributed by atoms with van der Waals surface area (Å²) in [6.45, 7) is 6.04. The van der Waals surface area contributed by atoms with Crippen LogP contribution < -0.4 is 0 Å². The van der Waals surface area contributed by atoms with Crippen LogP contribution in [-0.2, 0) is 0 Å². The lowest BCUT2D eigenvalue weighted by Crippen LogP contribution is -2.07. The Morgan fingerprint density at radius 3 is 2.65 bits per heavy atom. The lowest BCUT2D eigenvalue weighted by atomic mass is 10.1. The Bertz CT molecular complexity index is 615. The van der Waals surface area contributed by atoms with Gasteiger partial charge in [0.15, 0.2) is 6.29 Å². The molecule has 0 aliphatic carbocycles. The number of aldehydes is 1. The third kappa shape index (κ3) is 2.64. The topological polar surface area (TPSA) is 34.9 Å². The van der Waals surface area contributed by atoms with Crippen molar-refractivity contribution in [3.05, 3.63) is 41.3 Å². The molecule has 4 heteroatoms. The van der Waals surface area contributed by atoms with Crippen molar-refractivity contribution in [3.8, 4) is 11.3 Å². The van der Waals surface area contributed by atoms with Crippen LogP contribution in [0.5, 0.6) is 0 Å². The summed E-state index contributed by atoms with van der Waals surface area (Å²) in [6, 6.07) is 5.07. The van der Waals surface area contributed by atoms with Gasteiger partial charge in [-0.15, -0.1) is 0 Å². The van der Waals surface area contributed by atoms with E-state index in [2.05, 4.69) is 18.9 Å². The fraction of sp³-hybridized carbons (Fsp3) is 0.375. The van der Waals surface area contributed by atoms with Crippen molar-refractivity contribution >= 4 is 6.29 Å². The zero-order chi connectivity index (χ0) is 14.7. The van der Waals surface area contributed by atoms with Crippen LogP contribution in [0.2, 0.25) is 0 Å². The van der Waals surface area contributed by atoms with Gasteiger partial charge in [0.1, 0.15) is 11.5 Å². The monoisotopic (exact) mass is 274 g/mol. The average Bonchev–Trinajstić information content (AvgIpc) is 2.87. The summed E-state index contributed by atoms with van der Waals surface area (Å²) in [5.74, 6) is -0.353. The number of carbonyl (C=O) groups excluding carboxylic acids is 1. The van der Waals surface area contributed by atoms with Crippen LogP contribution >= 0.6 is 0 Å². The van der Waals surface area contributed by atoms with Gasteiger partial charge in [0, 0.05) is 11.8 Å². The maximum atomic E-state index is 14.0. The van der Waals surface area contributed by atoms with Crippen molar-refractivity contribution in [1.29, 1.82) is 0 Å². The van der Waals surface area contributed by atoms with Crippen molar-refractivity contribution in [1.82, 2.24) is 9.78 Å². The van der Waals surface area contributed by atoms with Gasteiger partial charge in [-0.3, -0.25) is 9.48 Å². The van der Waals surface area contributed by atoms with Crippen molar-refractivity contribution in [2.24, 2.45) is 0 Å². The molecule has 0 aliphatic rings. The van der Waals surface area contributed by atoms with Gasteiger partial charge in [-0.1, -0.05) is 25.5 Å². The predicted molar refractivity (Wildman–Crippen MR) is 77.4 cm³/mol. The van der Waals surface area contributed by atoms with Gasteiger partial charge in [-0.05, 0) is 31.9 Å². The second-order valence-corrected chi connectivity index (χ2v) is 4.98. The summed E-state index contributed by atoms with van der Waals surface area (Å²) in [7, 11) is 0. The number of halogens is 1. The molecular formula is C16H19FN2O. The molecule has 2 rings (SSSR count). The molecule has 0 amide bonds. The van der Waals surface area contributed by atoms with Gasteiger partial charge in [-0.25, -0.2) is 4.39 Å². The third-order valence-electron chi connectivity index (χ3n) is 3.58. The van der Waals surface area contributed by atoms with Gasteiger partial charge >= 0.3 is 0 Å². The Morgan fingerprint density at radius 2 is 2.05 bits per heavy atom. The van der Waals surface area contributed by atoms with Crippen molar-refractivity contribution in [2.75, 3.05) is 0 Å². The third-order valence-corrected chi connectivity index (χ3v) is 3.58. The van der Waals surface area contributed by atoms with E-state index in [1.807, 2.05) is 6.92 Å². The first kappa shape index (κ1) is 14.4. The fourth-order valence-corrected chi connectivity index (χ4v) is 2.37. The molecule has 0 spiro atoms. The number of hydrogen-bond acceptors (Lipinski definition) is 2. The molecule has 3 nitrogen and oxygen atoms in total. The number of carbonyl (C=O) groups is 1. The van der Waals surface area contributed by atoms with E-state index in [9.17, 15) is 9.18 Å². The molecule has 0 unspecified atom stereocenters. The number of aromatic nitrogens is 2. The molecule has 0 saturated heterocycles. The first-order chi connectivity index (χ1) is 9.60. The van der Waals surface area contributed by atoms with E-state index in [0.29, 0.717) is 16.8 Å². The molecule has 0 aliphatic heterocycles. The predicted octanol–water partition coefficient (Wildman–Crippen LogP) is 4.17.